The zero-order chi connectivity index (χ0) is 17.3. The van der Waals surface area contributed by atoms with Crippen molar-refractivity contribution in [1.82, 2.24) is 0 Å². The van der Waals surface area contributed by atoms with E-state index in [0.29, 0.717) is 11.7 Å². The molecule has 0 amide bonds. The van der Waals surface area contributed by atoms with Gasteiger partial charge < -0.3 is 4.74 Å². The van der Waals surface area contributed by atoms with Crippen LogP contribution in [0.25, 0.3) is 0 Å². The first-order chi connectivity index (χ1) is 11.3. The quantitative estimate of drug-likeness (QED) is 0.411. The first kappa shape index (κ1) is 16.1. The number of carbonyl (C=O) groups excluding carboxylic acids is 2. The lowest BCUT2D eigenvalue weighted by Crippen LogP contribution is -2.55. The van der Waals surface area contributed by atoms with E-state index >= 15 is 0 Å². The van der Waals surface area contributed by atoms with Crippen LogP contribution in [0.4, 0.5) is 0 Å². The normalized spacial score (nSPS) is 46.9. The van der Waals surface area contributed by atoms with E-state index in [1.54, 1.807) is 0 Å². The molecule has 3 saturated carbocycles. The topological polar surface area (TPSA) is 43.4 Å². The van der Waals surface area contributed by atoms with Crippen LogP contribution in [0.2, 0.25) is 0 Å². The van der Waals surface area contributed by atoms with Crippen molar-refractivity contribution < 1.29 is 14.3 Å². The molecule has 0 heterocycles. The van der Waals surface area contributed by atoms with E-state index in [2.05, 4.69) is 26.5 Å². The highest BCUT2D eigenvalue weighted by Crippen LogP contribution is 2.69. The highest BCUT2D eigenvalue weighted by Gasteiger charge is 2.65. The van der Waals surface area contributed by atoms with Crippen LogP contribution in [0.3, 0.4) is 0 Å². The number of fused-ring (bicyclic) bond motifs is 3. The summed E-state index contributed by atoms with van der Waals surface area (Å²) in [5.74, 6) is 0.824. The molecule has 0 unspecified atom stereocenters. The number of rotatable bonds is 1. The molecule has 0 N–H and O–H groups in total. The van der Waals surface area contributed by atoms with Gasteiger partial charge in [0.05, 0.1) is 17.9 Å². The van der Waals surface area contributed by atoms with Gasteiger partial charge in [-0.1, -0.05) is 31.6 Å². The Kier molecular flexibility index (Phi) is 3.24. The first-order valence-electron chi connectivity index (χ1n) is 9.33. The van der Waals surface area contributed by atoms with Crippen LogP contribution >= 0.6 is 0 Å². The van der Waals surface area contributed by atoms with Gasteiger partial charge in [-0.15, -0.1) is 0 Å². The van der Waals surface area contributed by atoms with E-state index in [1.165, 1.54) is 12.7 Å². The van der Waals surface area contributed by atoms with E-state index in [-0.39, 0.29) is 22.7 Å². The molecule has 0 aromatic rings. The Hall–Kier alpha value is -1.38. The van der Waals surface area contributed by atoms with Crippen molar-refractivity contribution in [2.45, 2.75) is 58.8 Å². The molecule has 5 atom stereocenters. The van der Waals surface area contributed by atoms with Crippen molar-refractivity contribution in [3.8, 4) is 0 Å². The summed E-state index contributed by atoms with van der Waals surface area (Å²) in [4.78, 5) is 25.7. The molecule has 0 aromatic heterocycles. The second-order valence-electron chi connectivity index (χ2n) is 8.96. The second-order valence-corrected chi connectivity index (χ2v) is 8.96. The minimum atomic E-state index is -0.431. The van der Waals surface area contributed by atoms with Crippen LogP contribution in [0.15, 0.2) is 23.8 Å². The highest BCUT2D eigenvalue weighted by atomic mass is 16.5. The van der Waals surface area contributed by atoms with Crippen molar-refractivity contribution in [2.24, 2.45) is 28.1 Å². The van der Waals surface area contributed by atoms with E-state index in [0.717, 1.165) is 50.5 Å². The SMILES string of the molecule is C=C1C(=O)[C@@]23CC[C@H]4[C@@](C)(CCC[C@]4(C)C(=O)OC)C2=CC[C@@H]1C3. The molecule has 0 aromatic carbocycles. The number of ketones is 1. The average Bonchev–Trinajstić information content (AvgIpc) is 2.74. The van der Waals surface area contributed by atoms with Gasteiger partial charge in [-0.25, -0.2) is 0 Å². The van der Waals surface area contributed by atoms with Gasteiger partial charge in [0.15, 0.2) is 5.78 Å². The summed E-state index contributed by atoms with van der Waals surface area (Å²) in [5.41, 5.74) is 1.38. The number of carbonyl (C=O) groups is 2. The van der Waals surface area contributed by atoms with Gasteiger partial charge in [0.1, 0.15) is 0 Å². The number of esters is 1. The van der Waals surface area contributed by atoms with Crippen LogP contribution in [0.1, 0.15) is 58.8 Å². The van der Waals surface area contributed by atoms with Crippen molar-refractivity contribution in [3.05, 3.63) is 23.8 Å². The van der Waals surface area contributed by atoms with E-state index in [4.69, 9.17) is 4.74 Å². The lowest BCUT2D eigenvalue weighted by molar-refractivity contribution is -0.165. The van der Waals surface area contributed by atoms with E-state index < -0.39 is 5.41 Å². The Labute approximate surface area is 144 Å². The monoisotopic (exact) mass is 328 g/mol. The largest absolute Gasteiger partial charge is 0.469 e. The first-order valence-corrected chi connectivity index (χ1v) is 9.33. The fraction of sp³-hybridized carbons (Fsp3) is 0.714. The van der Waals surface area contributed by atoms with Gasteiger partial charge in [-0.2, -0.15) is 0 Å². The Bertz CT molecular complexity index is 675. The Morgan fingerprint density at radius 2 is 2.04 bits per heavy atom. The maximum absolute atomic E-state index is 13.1. The van der Waals surface area contributed by atoms with Gasteiger partial charge in [0, 0.05) is 0 Å². The molecule has 4 rings (SSSR count). The Morgan fingerprint density at radius 3 is 2.75 bits per heavy atom. The average molecular weight is 328 g/mol. The van der Waals surface area contributed by atoms with Crippen LogP contribution in [0, 0.1) is 28.1 Å². The number of Topliss-reactive ketones (excluding diaryl/α,β-unsaturated/α-hetero) is 1. The molecule has 3 heteroatoms. The molecule has 0 saturated heterocycles. The van der Waals surface area contributed by atoms with Crippen LogP contribution in [-0.4, -0.2) is 18.9 Å². The lowest BCUT2D eigenvalue weighted by atomic mass is 9.44. The third-order valence-electron chi connectivity index (χ3n) is 7.99. The van der Waals surface area contributed by atoms with Crippen LogP contribution in [-0.2, 0) is 14.3 Å². The second kappa shape index (κ2) is 4.83. The maximum atomic E-state index is 13.1. The third kappa shape index (κ3) is 1.69. The summed E-state index contributed by atoms with van der Waals surface area (Å²) in [6.07, 6.45) is 9.04. The molecule has 0 radical (unpaired) electrons. The molecule has 24 heavy (non-hydrogen) atoms. The van der Waals surface area contributed by atoms with Crippen molar-refractivity contribution >= 4 is 11.8 Å². The van der Waals surface area contributed by atoms with Crippen LogP contribution in [0.5, 0.6) is 0 Å². The van der Waals surface area contributed by atoms with Crippen molar-refractivity contribution in [3.63, 3.8) is 0 Å². The predicted octanol–water partition coefficient (Wildman–Crippen LogP) is 4.23. The summed E-state index contributed by atoms with van der Waals surface area (Å²) in [5, 5.41) is 0. The number of methoxy groups -OCH3 is 1. The van der Waals surface area contributed by atoms with Gasteiger partial charge >= 0.3 is 5.97 Å². The Morgan fingerprint density at radius 1 is 1.29 bits per heavy atom. The summed E-state index contributed by atoms with van der Waals surface area (Å²) in [7, 11) is 1.50. The molecule has 130 valence electrons. The minimum Gasteiger partial charge on any atom is -0.469 e. The molecule has 2 bridgehead atoms. The highest BCUT2D eigenvalue weighted by molar-refractivity contribution is 6.05. The third-order valence-corrected chi connectivity index (χ3v) is 7.99. The molecule has 4 aliphatic carbocycles. The number of ether oxygens (including phenoxy) is 1. The van der Waals surface area contributed by atoms with Crippen LogP contribution < -0.4 is 0 Å². The molecule has 3 nitrogen and oxygen atoms in total. The zero-order valence-corrected chi connectivity index (χ0v) is 15.1. The number of hydrogen-bond donors (Lipinski definition) is 0. The van der Waals surface area contributed by atoms with E-state index in [9.17, 15) is 9.59 Å². The molecule has 1 spiro atoms. The zero-order valence-electron chi connectivity index (χ0n) is 15.1. The summed E-state index contributed by atoms with van der Waals surface area (Å²) >= 11 is 0. The number of hydrogen-bond acceptors (Lipinski definition) is 3. The van der Waals surface area contributed by atoms with Gasteiger partial charge in [0.25, 0.3) is 0 Å². The molecule has 4 aliphatic rings. The fourth-order valence-electron chi connectivity index (χ4n) is 6.87. The van der Waals surface area contributed by atoms with Gasteiger partial charge in [-0.05, 0) is 68.3 Å². The maximum Gasteiger partial charge on any atom is 0.311 e. The standard InChI is InChI=1S/C21H28O3/c1-13-14-6-7-16-19(2)9-5-10-20(3,18(23)24-4)15(19)8-11-21(16,12-14)17(13)22/h7,14-15H,1,5-6,8-12H2,2-4H3/t14-,15+,19-,20+,21-/m1/s1. The smallest absolute Gasteiger partial charge is 0.311 e. The summed E-state index contributed by atoms with van der Waals surface area (Å²) in [6.45, 7) is 8.49. The van der Waals surface area contributed by atoms with Gasteiger partial charge in [0.2, 0.25) is 0 Å². The minimum absolute atomic E-state index is 0.0648. The van der Waals surface area contributed by atoms with E-state index in [1.807, 2.05) is 0 Å². The van der Waals surface area contributed by atoms with Crippen molar-refractivity contribution in [2.75, 3.05) is 7.11 Å². The molecule has 3 fully saturated rings. The predicted molar refractivity (Wildman–Crippen MR) is 92.2 cm³/mol. The Balaban J connectivity index is 1.81. The molecular weight excluding hydrogens is 300 g/mol. The molecule has 0 aliphatic heterocycles. The van der Waals surface area contributed by atoms with Gasteiger partial charge in [-0.3, -0.25) is 9.59 Å². The summed E-state index contributed by atoms with van der Waals surface area (Å²) in [6, 6.07) is 0. The van der Waals surface area contributed by atoms with Crippen molar-refractivity contribution in [1.29, 1.82) is 0 Å². The molecular formula is C21H28O3. The lowest BCUT2D eigenvalue weighted by Gasteiger charge is -2.59. The fourth-order valence-corrected chi connectivity index (χ4v) is 6.87. The summed E-state index contributed by atoms with van der Waals surface area (Å²) < 4.78 is 5.18. The number of allylic oxidation sites excluding steroid dienone is 3.